The van der Waals surface area contributed by atoms with E-state index in [0.29, 0.717) is 24.5 Å². The average Bonchev–Trinajstić information content (AvgIpc) is 3.06. The lowest BCUT2D eigenvalue weighted by atomic mass is 10.0. The number of hydrogen-bond donors (Lipinski definition) is 3. The zero-order chi connectivity index (χ0) is 17.2. The topological polar surface area (TPSA) is 99.9 Å². The maximum Gasteiger partial charge on any atom is 0.255 e. The van der Waals surface area contributed by atoms with Crippen molar-refractivity contribution in [3.8, 4) is 11.3 Å². The van der Waals surface area contributed by atoms with Gasteiger partial charge in [-0.15, -0.1) is 0 Å². The summed E-state index contributed by atoms with van der Waals surface area (Å²) in [7, 11) is 0. The Morgan fingerprint density at radius 1 is 1.24 bits per heavy atom. The number of ether oxygens (including phenoxy) is 1. The SMILES string of the molecule is O=C(Nc1cccc(-c2n[nH]c3c2COCC3)c1)c1cc[nH]c(=O)c1. The van der Waals surface area contributed by atoms with Gasteiger partial charge in [0.15, 0.2) is 0 Å². The summed E-state index contributed by atoms with van der Waals surface area (Å²) in [6.07, 6.45) is 2.27. The van der Waals surface area contributed by atoms with Gasteiger partial charge in [-0.25, -0.2) is 0 Å². The standard InChI is InChI=1S/C18H16N4O3/c23-16-9-12(4-6-19-16)18(24)20-13-3-1-2-11(8-13)17-14-10-25-7-5-15(14)21-22-17/h1-4,6,8-9H,5,7,10H2,(H,19,23)(H,20,24)(H,21,22). The molecule has 0 radical (unpaired) electrons. The number of rotatable bonds is 3. The second kappa shape index (κ2) is 6.37. The molecule has 126 valence electrons. The Hall–Kier alpha value is -3.19. The first-order valence-corrected chi connectivity index (χ1v) is 7.95. The molecule has 1 aromatic carbocycles. The third-order valence-electron chi connectivity index (χ3n) is 4.13. The number of aromatic nitrogens is 3. The van der Waals surface area contributed by atoms with Crippen molar-refractivity contribution in [1.29, 1.82) is 0 Å². The Kier molecular flexibility index (Phi) is 3.91. The number of benzene rings is 1. The molecule has 0 bridgehead atoms. The second-order valence-electron chi connectivity index (χ2n) is 5.81. The molecule has 3 heterocycles. The molecule has 0 saturated carbocycles. The number of nitrogens with one attached hydrogen (secondary N) is 3. The average molecular weight is 336 g/mol. The fourth-order valence-corrected chi connectivity index (χ4v) is 2.88. The number of hydrogen-bond acceptors (Lipinski definition) is 4. The van der Waals surface area contributed by atoms with E-state index in [0.717, 1.165) is 28.9 Å². The number of carbonyl (C=O) groups excluding carboxylic acids is 1. The van der Waals surface area contributed by atoms with Gasteiger partial charge in [-0.05, 0) is 18.2 Å². The monoisotopic (exact) mass is 336 g/mol. The van der Waals surface area contributed by atoms with Gasteiger partial charge in [-0.2, -0.15) is 5.10 Å². The van der Waals surface area contributed by atoms with Crippen molar-refractivity contribution in [3.05, 3.63) is 69.8 Å². The van der Waals surface area contributed by atoms with Gasteiger partial charge in [0.25, 0.3) is 5.91 Å². The van der Waals surface area contributed by atoms with Crippen molar-refractivity contribution in [2.45, 2.75) is 13.0 Å². The van der Waals surface area contributed by atoms with Crippen LogP contribution in [0.15, 0.2) is 47.4 Å². The van der Waals surface area contributed by atoms with Crippen LogP contribution in [0, 0.1) is 0 Å². The number of anilines is 1. The van der Waals surface area contributed by atoms with Crippen LogP contribution in [0.3, 0.4) is 0 Å². The third-order valence-corrected chi connectivity index (χ3v) is 4.13. The van der Waals surface area contributed by atoms with Crippen LogP contribution in [0.4, 0.5) is 5.69 Å². The van der Waals surface area contributed by atoms with Crippen molar-refractivity contribution < 1.29 is 9.53 Å². The zero-order valence-electron chi connectivity index (χ0n) is 13.3. The predicted molar refractivity (Wildman–Crippen MR) is 92.4 cm³/mol. The van der Waals surface area contributed by atoms with Crippen LogP contribution in [0.5, 0.6) is 0 Å². The molecule has 0 spiro atoms. The van der Waals surface area contributed by atoms with E-state index in [1.807, 2.05) is 18.2 Å². The molecule has 2 aromatic heterocycles. The molecule has 0 unspecified atom stereocenters. The number of nitrogens with zero attached hydrogens (tertiary/aromatic N) is 1. The molecule has 1 aliphatic heterocycles. The summed E-state index contributed by atoms with van der Waals surface area (Å²) in [4.78, 5) is 26.1. The Balaban J connectivity index is 1.61. The number of aromatic amines is 2. The summed E-state index contributed by atoms with van der Waals surface area (Å²) in [6.45, 7) is 1.23. The lowest BCUT2D eigenvalue weighted by Crippen LogP contribution is -2.15. The van der Waals surface area contributed by atoms with E-state index < -0.39 is 0 Å². The van der Waals surface area contributed by atoms with E-state index >= 15 is 0 Å². The molecule has 7 nitrogen and oxygen atoms in total. The smallest absolute Gasteiger partial charge is 0.255 e. The van der Waals surface area contributed by atoms with Crippen LogP contribution in [0.2, 0.25) is 0 Å². The van der Waals surface area contributed by atoms with Crippen LogP contribution in [-0.4, -0.2) is 27.7 Å². The van der Waals surface area contributed by atoms with Crippen LogP contribution in [0.1, 0.15) is 21.6 Å². The fraction of sp³-hybridized carbons (Fsp3) is 0.167. The lowest BCUT2D eigenvalue weighted by molar-refractivity contribution is 0.102. The minimum absolute atomic E-state index is 0.305. The van der Waals surface area contributed by atoms with Crippen molar-refractivity contribution in [2.24, 2.45) is 0 Å². The van der Waals surface area contributed by atoms with Crippen molar-refractivity contribution >= 4 is 11.6 Å². The van der Waals surface area contributed by atoms with Crippen LogP contribution in [-0.2, 0) is 17.8 Å². The van der Waals surface area contributed by atoms with Gasteiger partial charge in [0.1, 0.15) is 0 Å². The molecule has 4 rings (SSSR count). The van der Waals surface area contributed by atoms with Gasteiger partial charge in [-0.3, -0.25) is 14.7 Å². The Bertz CT molecular complexity index is 990. The molecule has 3 aromatic rings. The summed E-state index contributed by atoms with van der Waals surface area (Å²) in [5.41, 5.74) is 4.51. The van der Waals surface area contributed by atoms with E-state index in [4.69, 9.17) is 4.74 Å². The van der Waals surface area contributed by atoms with Crippen molar-refractivity contribution in [3.63, 3.8) is 0 Å². The normalized spacial score (nSPS) is 13.3. The first-order valence-electron chi connectivity index (χ1n) is 7.95. The second-order valence-corrected chi connectivity index (χ2v) is 5.81. The third kappa shape index (κ3) is 3.09. The number of H-pyrrole nitrogens is 2. The van der Waals surface area contributed by atoms with Gasteiger partial charge in [-0.1, -0.05) is 12.1 Å². The molecular weight excluding hydrogens is 320 g/mol. The largest absolute Gasteiger partial charge is 0.376 e. The van der Waals surface area contributed by atoms with Crippen molar-refractivity contribution in [1.82, 2.24) is 15.2 Å². The summed E-state index contributed by atoms with van der Waals surface area (Å²) >= 11 is 0. The number of pyridine rings is 1. The molecule has 1 amide bonds. The van der Waals surface area contributed by atoms with E-state index in [1.165, 1.54) is 12.3 Å². The first kappa shape index (κ1) is 15.3. The minimum Gasteiger partial charge on any atom is -0.376 e. The maximum atomic E-state index is 12.3. The van der Waals surface area contributed by atoms with Gasteiger partial charge in [0, 0.05) is 46.8 Å². The maximum absolute atomic E-state index is 12.3. The summed E-state index contributed by atoms with van der Waals surface area (Å²) < 4.78 is 5.52. The first-order chi connectivity index (χ1) is 12.2. The van der Waals surface area contributed by atoms with E-state index in [2.05, 4.69) is 20.5 Å². The fourth-order valence-electron chi connectivity index (χ4n) is 2.88. The molecule has 25 heavy (non-hydrogen) atoms. The van der Waals surface area contributed by atoms with Crippen LogP contribution >= 0.6 is 0 Å². The zero-order valence-corrected chi connectivity index (χ0v) is 13.3. The summed E-state index contributed by atoms with van der Waals surface area (Å²) in [6, 6.07) is 10.3. The van der Waals surface area contributed by atoms with Gasteiger partial charge >= 0.3 is 0 Å². The molecule has 0 saturated heterocycles. The lowest BCUT2D eigenvalue weighted by Gasteiger charge is -2.13. The highest BCUT2D eigenvalue weighted by molar-refractivity contribution is 6.04. The molecule has 7 heteroatoms. The highest BCUT2D eigenvalue weighted by Crippen LogP contribution is 2.28. The van der Waals surface area contributed by atoms with Gasteiger partial charge in [0.2, 0.25) is 5.56 Å². The Morgan fingerprint density at radius 2 is 2.16 bits per heavy atom. The van der Waals surface area contributed by atoms with E-state index in [-0.39, 0.29) is 11.5 Å². The quantitative estimate of drug-likeness (QED) is 0.682. The Morgan fingerprint density at radius 3 is 3.04 bits per heavy atom. The molecule has 0 fully saturated rings. The molecule has 0 atom stereocenters. The predicted octanol–water partition coefficient (Wildman–Crippen LogP) is 2.09. The molecule has 3 N–H and O–H groups in total. The van der Waals surface area contributed by atoms with Crippen molar-refractivity contribution in [2.75, 3.05) is 11.9 Å². The molecule has 1 aliphatic rings. The summed E-state index contributed by atoms with van der Waals surface area (Å²) in [5.74, 6) is -0.337. The van der Waals surface area contributed by atoms with E-state index in [1.54, 1.807) is 12.1 Å². The van der Waals surface area contributed by atoms with Crippen LogP contribution < -0.4 is 10.9 Å². The Labute approximate surface area is 143 Å². The number of carbonyl (C=O) groups is 1. The van der Waals surface area contributed by atoms with Crippen LogP contribution in [0.25, 0.3) is 11.3 Å². The van der Waals surface area contributed by atoms with Gasteiger partial charge in [0.05, 0.1) is 18.9 Å². The number of fused-ring (bicyclic) bond motifs is 1. The highest BCUT2D eigenvalue weighted by atomic mass is 16.5. The molecule has 0 aliphatic carbocycles. The summed E-state index contributed by atoms with van der Waals surface area (Å²) in [5, 5.41) is 10.3. The van der Waals surface area contributed by atoms with Gasteiger partial charge < -0.3 is 15.0 Å². The highest BCUT2D eigenvalue weighted by Gasteiger charge is 2.18. The number of amides is 1. The minimum atomic E-state index is -0.337. The van der Waals surface area contributed by atoms with E-state index in [9.17, 15) is 9.59 Å². The molecular formula is C18H16N4O3.